The van der Waals surface area contributed by atoms with Crippen LogP contribution in [0.2, 0.25) is 0 Å². The van der Waals surface area contributed by atoms with Crippen molar-refractivity contribution in [3.05, 3.63) is 45.2 Å². The van der Waals surface area contributed by atoms with Gasteiger partial charge in [-0.3, -0.25) is 19.3 Å². The third-order valence-corrected chi connectivity index (χ3v) is 9.11. The van der Waals surface area contributed by atoms with E-state index in [2.05, 4.69) is 13.8 Å². The minimum Gasteiger partial charge on any atom is -0.508 e. The molecule has 3 aliphatic rings. The maximum absolute atomic E-state index is 14.0. The van der Waals surface area contributed by atoms with E-state index < -0.39 is 58.0 Å². The highest BCUT2D eigenvalue weighted by Gasteiger charge is 2.64. The first-order chi connectivity index (χ1) is 18.3. The van der Waals surface area contributed by atoms with E-state index >= 15 is 0 Å². The van der Waals surface area contributed by atoms with Gasteiger partial charge in [-0.2, -0.15) is 0 Å². The Morgan fingerprint density at radius 2 is 1.85 bits per heavy atom. The number of amides is 1. The SMILES string of the molecule is CCc1cc(CCCC(C)CC)c(O)c2c1C[C@H]1C[C@H]3[C@H](N(C)C)C(=O)C(C(N)=O)=C(O)[C@@]3(O)C(=O)C1=C2O. The number of phenols is 1. The van der Waals surface area contributed by atoms with E-state index in [-0.39, 0.29) is 23.3 Å². The summed E-state index contributed by atoms with van der Waals surface area (Å²) in [5, 5.41) is 45.5. The largest absolute Gasteiger partial charge is 0.508 e. The molecule has 5 atom stereocenters. The molecule has 0 bridgehead atoms. The number of Topliss-reactive ketones (excluding diaryl/α,β-unsaturated/α-hetero) is 2. The number of rotatable bonds is 8. The van der Waals surface area contributed by atoms with Crippen molar-refractivity contribution in [2.45, 2.75) is 77.4 Å². The lowest BCUT2D eigenvalue weighted by atomic mass is 9.57. The standard InChI is InChI=1S/C30H40N2O7/c1-6-14(3)9-8-10-16-11-15(7-2)18-12-17-13-19-23(32(4)5)26(35)22(29(31)38)28(37)30(19,39)27(36)20(17)25(34)21(18)24(16)33/h11,14,17,19,23,33-34,37,39H,6-10,12-13H2,1-5H3,(H2,31,38)/t14?,17-,19-,23-,30-/m0/s1. The van der Waals surface area contributed by atoms with Crippen LogP contribution in [0.5, 0.6) is 5.75 Å². The number of nitrogens with zero attached hydrogens (tertiary/aromatic N) is 1. The normalized spacial score (nSPS) is 27.4. The van der Waals surface area contributed by atoms with Crippen LogP contribution in [-0.2, 0) is 33.6 Å². The molecule has 3 aliphatic carbocycles. The van der Waals surface area contributed by atoms with E-state index in [9.17, 15) is 34.8 Å². The molecule has 9 heteroatoms. The number of carbonyl (C=O) groups excluding carboxylic acids is 3. The third kappa shape index (κ3) is 4.36. The van der Waals surface area contributed by atoms with Crippen LogP contribution in [0.4, 0.5) is 0 Å². The first-order valence-electron chi connectivity index (χ1n) is 13.8. The van der Waals surface area contributed by atoms with Gasteiger partial charge < -0.3 is 26.2 Å². The summed E-state index contributed by atoms with van der Waals surface area (Å²) in [6, 6.07) is 0.888. The minimum atomic E-state index is -2.62. The van der Waals surface area contributed by atoms with Crippen molar-refractivity contribution in [2.24, 2.45) is 23.5 Å². The lowest BCUT2D eigenvalue weighted by molar-refractivity contribution is -0.153. The number of hydrogen-bond acceptors (Lipinski definition) is 8. The van der Waals surface area contributed by atoms with Gasteiger partial charge in [-0.05, 0) is 74.7 Å². The number of aliphatic hydroxyl groups is 3. The molecule has 1 fully saturated rings. The summed E-state index contributed by atoms with van der Waals surface area (Å²) < 4.78 is 0. The highest BCUT2D eigenvalue weighted by atomic mass is 16.3. The van der Waals surface area contributed by atoms with Crippen molar-refractivity contribution in [2.75, 3.05) is 14.1 Å². The Morgan fingerprint density at radius 3 is 2.41 bits per heavy atom. The van der Waals surface area contributed by atoms with E-state index in [0.29, 0.717) is 30.7 Å². The first kappa shape index (κ1) is 28.8. The molecule has 1 amide bonds. The van der Waals surface area contributed by atoms with Crippen molar-refractivity contribution < 1.29 is 34.8 Å². The maximum Gasteiger partial charge on any atom is 0.255 e. The van der Waals surface area contributed by atoms with Crippen molar-refractivity contribution in [3.8, 4) is 5.75 Å². The molecule has 1 aromatic carbocycles. The molecule has 0 saturated heterocycles. The Labute approximate surface area is 229 Å². The average Bonchev–Trinajstić information content (AvgIpc) is 2.86. The van der Waals surface area contributed by atoms with Crippen LogP contribution in [0.3, 0.4) is 0 Å². The van der Waals surface area contributed by atoms with Crippen LogP contribution in [0.25, 0.3) is 5.76 Å². The molecule has 0 radical (unpaired) electrons. The summed E-state index contributed by atoms with van der Waals surface area (Å²) in [4.78, 5) is 40.8. The predicted octanol–water partition coefficient (Wildman–Crippen LogP) is 2.90. The molecule has 212 valence electrons. The predicted molar refractivity (Wildman–Crippen MR) is 146 cm³/mol. The van der Waals surface area contributed by atoms with Crippen molar-refractivity contribution >= 4 is 23.2 Å². The average molecular weight is 541 g/mol. The quantitative estimate of drug-likeness (QED) is 0.315. The topological polar surface area (TPSA) is 161 Å². The number of nitrogens with two attached hydrogens (primary N) is 1. The summed E-state index contributed by atoms with van der Waals surface area (Å²) in [7, 11) is 3.17. The molecule has 0 heterocycles. The highest BCUT2D eigenvalue weighted by molar-refractivity contribution is 6.24. The Balaban J connectivity index is 1.87. The lowest BCUT2D eigenvalue weighted by Gasteiger charge is -2.50. The molecular formula is C30H40N2O7. The Morgan fingerprint density at radius 1 is 1.18 bits per heavy atom. The number of aryl methyl sites for hydroxylation is 2. The number of primary amides is 1. The number of carbonyl (C=O) groups is 3. The van der Waals surface area contributed by atoms with E-state index in [0.717, 1.165) is 30.4 Å². The van der Waals surface area contributed by atoms with Crippen molar-refractivity contribution in [1.29, 1.82) is 0 Å². The number of fused-ring (bicyclic) bond motifs is 3. The van der Waals surface area contributed by atoms with Gasteiger partial charge in [0.05, 0.1) is 11.6 Å². The first-order valence-corrected chi connectivity index (χ1v) is 13.8. The molecule has 1 saturated carbocycles. The third-order valence-electron chi connectivity index (χ3n) is 9.11. The maximum atomic E-state index is 14.0. The van der Waals surface area contributed by atoms with Crippen LogP contribution in [0.1, 0.15) is 68.7 Å². The number of aromatic hydroxyl groups is 1. The molecule has 1 unspecified atom stereocenters. The second-order valence-electron chi connectivity index (χ2n) is 11.6. The highest BCUT2D eigenvalue weighted by Crippen LogP contribution is 2.53. The molecule has 0 aliphatic heterocycles. The molecule has 0 spiro atoms. The number of hydrogen-bond donors (Lipinski definition) is 5. The number of likely N-dealkylation sites (N-methyl/N-ethyl adjacent to an activating group) is 1. The fourth-order valence-electron chi connectivity index (χ4n) is 6.80. The molecule has 4 rings (SSSR count). The zero-order valence-electron chi connectivity index (χ0n) is 23.4. The second kappa shape index (κ2) is 10.4. The number of ketones is 2. The van der Waals surface area contributed by atoms with Crippen LogP contribution >= 0.6 is 0 Å². The van der Waals surface area contributed by atoms with Gasteiger partial charge in [0.15, 0.2) is 11.4 Å². The van der Waals surface area contributed by atoms with Crippen LogP contribution in [-0.4, -0.2) is 68.5 Å². The smallest absolute Gasteiger partial charge is 0.255 e. The summed E-state index contributed by atoms with van der Waals surface area (Å²) in [6.45, 7) is 6.31. The minimum absolute atomic E-state index is 0.0840. The summed E-state index contributed by atoms with van der Waals surface area (Å²) >= 11 is 0. The van der Waals surface area contributed by atoms with Crippen LogP contribution < -0.4 is 5.73 Å². The van der Waals surface area contributed by atoms with E-state index in [1.807, 2.05) is 13.0 Å². The molecule has 39 heavy (non-hydrogen) atoms. The fourth-order valence-corrected chi connectivity index (χ4v) is 6.80. The molecule has 0 aromatic heterocycles. The molecular weight excluding hydrogens is 500 g/mol. The monoisotopic (exact) mass is 540 g/mol. The zero-order chi connectivity index (χ0) is 29.0. The fraction of sp³-hybridized carbons (Fsp3) is 0.567. The van der Waals surface area contributed by atoms with E-state index in [1.165, 1.54) is 4.90 Å². The van der Waals surface area contributed by atoms with Crippen molar-refractivity contribution in [1.82, 2.24) is 4.90 Å². The van der Waals surface area contributed by atoms with Gasteiger partial charge in [-0.25, -0.2) is 0 Å². The molecule has 1 aromatic rings. The summed E-state index contributed by atoms with van der Waals surface area (Å²) in [5.41, 5.74) is 4.41. The van der Waals surface area contributed by atoms with Gasteiger partial charge in [0, 0.05) is 11.5 Å². The van der Waals surface area contributed by atoms with Crippen molar-refractivity contribution in [3.63, 3.8) is 0 Å². The lowest BCUT2D eigenvalue weighted by Crippen LogP contribution is -2.65. The Hall–Kier alpha value is -3.17. The van der Waals surface area contributed by atoms with Gasteiger partial charge in [0.1, 0.15) is 22.8 Å². The van der Waals surface area contributed by atoms with Crippen LogP contribution in [0.15, 0.2) is 23.0 Å². The molecule has 6 N–H and O–H groups in total. The van der Waals surface area contributed by atoms with Gasteiger partial charge in [-0.1, -0.05) is 39.7 Å². The van der Waals surface area contributed by atoms with Crippen LogP contribution in [0, 0.1) is 17.8 Å². The number of phenolic OH excluding ortho intramolecular Hbond substituents is 1. The number of aliphatic hydroxyl groups excluding tert-OH is 2. The Bertz CT molecular complexity index is 1290. The van der Waals surface area contributed by atoms with Gasteiger partial charge >= 0.3 is 0 Å². The second-order valence-corrected chi connectivity index (χ2v) is 11.6. The van der Waals surface area contributed by atoms with Gasteiger partial charge in [-0.15, -0.1) is 0 Å². The van der Waals surface area contributed by atoms with E-state index in [1.54, 1.807) is 14.1 Å². The van der Waals surface area contributed by atoms with Gasteiger partial charge in [0.25, 0.3) is 5.91 Å². The Kier molecular flexibility index (Phi) is 7.71. The summed E-state index contributed by atoms with van der Waals surface area (Å²) in [6.07, 6.45) is 4.60. The molecule has 9 nitrogen and oxygen atoms in total. The zero-order valence-corrected chi connectivity index (χ0v) is 23.4. The number of benzene rings is 1. The van der Waals surface area contributed by atoms with E-state index in [4.69, 9.17) is 5.73 Å². The van der Waals surface area contributed by atoms with Gasteiger partial charge in [0.2, 0.25) is 5.78 Å². The summed E-state index contributed by atoms with van der Waals surface area (Å²) in [5.74, 6) is -5.65.